The first-order valence-corrected chi connectivity index (χ1v) is 15.0. The highest BCUT2D eigenvalue weighted by molar-refractivity contribution is 9.11. The van der Waals surface area contributed by atoms with Crippen LogP contribution in [-0.4, -0.2) is 19.9 Å². The van der Waals surface area contributed by atoms with Crippen LogP contribution in [0.3, 0.4) is 0 Å². The molecule has 3 aromatic heterocycles. The van der Waals surface area contributed by atoms with E-state index in [1.165, 1.54) is 0 Å². The minimum atomic E-state index is 0.816. The van der Waals surface area contributed by atoms with Crippen LogP contribution in [0.25, 0.3) is 80.8 Å². The molecule has 0 atom stereocenters. The molecule has 0 aliphatic carbocycles. The van der Waals surface area contributed by atoms with Crippen LogP contribution in [0, 0.1) is 0 Å². The van der Waals surface area contributed by atoms with Crippen LogP contribution in [0.2, 0.25) is 0 Å². The molecule has 5 aromatic rings. The molecule has 0 fully saturated rings. The lowest BCUT2D eigenvalue weighted by Crippen LogP contribution is -1.88. The molecule has 2 N–H and O–H groups in total. The quantitative estimate of drug-likeness (QED) is 0.196. The molecule has 42 heavy (non-hydrogen) atoms. The average molecular weight is 672 g/mol. The highest BCUT2D eigenvalue weighted by atomic mass is 79.9. The van der Waals surface area contributed by atoms with Gasteiger partial charge in [0.15, 0.2) is 0 Å². The summed E-state index contributed by atoms with van der Waals surface area (Å²) >= 11 is 7.70. The minimum Gasteiger partial charge on any atom is -0.354 e. The van der Waals surface area contributed by atoms with E-state index in [0.29, 0.717) is 0 Å². The Bertz CT molecular complexity index is 2010. The van der Waals surface area contributed by atoms with Crippen molar-refractivity contribution in [2.75, 3.05) is 0 Å². The lowest BCUT2D eigenvalue weighted by molar-refractivity contribution is 1.25. The summed E-state index contributed by atoms with van der Waals surface area (Å²) in [6.07, 6.45) is 11.9. The molecule has 7 rings (SSSR count). The van der Waals surface area contributed by atoms with Gasteiger partial charge in [-0.25, -0.2) is 9.97 Å². The van der Waals surface area contributed by atoms with E-state index in [9.17, 15) is 0 Å². The lowest BCUT2D eigenvalue weighted by atomic mass is 10.0. The Morgan fingerprint density at radius 3 is 1.40 bits per heavy atom. The van der Waals surface area contributed by atoms with Crippen molar-refractivity contribution in [1.82, 2.24) is 19.9 Å². The zero-order valence-corrected chi connectivity index (χ0v) is 25.6. The van der Waals surface area contributed by atoms with Crippen molar-refractivity contribution in [2.45, 2.75) is 0 Å². The summed E-state index contributed by atoms with van der Waals surface area (Å²) in [6.45, 7) is 7.93. The van der Waals surface area contributed by atoms with Crippen molar-refractivity contribution in [3.63, 3.8) is 0 Å². The summed E-state index contributed by atoms with van der Waals surface area (Å²) < 4.78 is 1.76. The molecule has 0 unspecified atom stereocenters. The second kappa shape index (κ2) is 10.7. The number of aromatic nitrogens is 4. The fourth-order valence-electron chi connectivity index (χ4n) is 5.39. The van der Waals surface area contributed by atoms with Crippen LogP contribution in [0.4, 0.5) is 0 Å². The smallest absolute Gasteiger partial charge is 0.0801 e. The fraction of sp³-hybridized carbons (Fsp3) is 0. The van der Waals surface area contributed by atoms with E-state index in [1.807, 2.05) is 48.6 Å². The van der Waals surface area contributed by atoms with Gasteiger partial charge in [-0.1, -0.05) is 61.7 Å². The Morgan fingerprint density at radius 1 is 0.524 bits per heavy atom. The number of H-pyrrole nitrogens is 2. The zero-order valence-electron chi connectivity index (χ0n) is 22.5. The number of halogens is 2. The normalized spacial score (nSPS) is 12.0. The highest BCUT2D eigenvalue weighted by Gasteiger charge is 2.17. The van der Waals surface area contributed by atoms with Crippen LogP contribution in [-0.2, 0) is 0 Å². The molecule has 2 aromatic carbocycles. The Morgan fingerprint density at radius 2 is 0.952 bits per heavy atom. The third kappa shape index (κ3) is 4.63. The number of benzene rings is 2. The van der Waals surface area contributed by atoms with E-state index < -0.39 is 0 Å². The third-order valence-electron chi connectivity index (χ3n) is 7.45. The van der Waals surface area contributed by atoms with Gasteiger partial charge in [0.2, 0.25) is 0 Å². The van der Waals surface area contributed by atoms with Crippen LogP contribution in [0.1, 0.15) is 33.9 Å². The van der Waals surface area contributed by atoms with Gasteiger partial charge in [-0.15, -0.1) is 0 Å². The maximum Gasteiger partial charge on any atom is 0.0801 e. The van der Waals surface area contributed by atoms with E-state index in [2.05, 4.69) is 116 Å². The minimum absolute atomic E-state index is 0.816. The molecule has 5 heterocycles. The summed E-state index contributed by atoms with van der Waals surface area (Å²) in [5.41, 5.74) is 13.4. The van der Waals surface area contributed by atoms with Crippen molar-refractivity contribution in [2.24, 2.45) is 0 Å². The molecule has 8 bridgehead atoms. The van der Waals surface area contributed by atoms with Crippen molar-refractivity contribution >= 4 is 90.4 Å². The Hall–Kier alpha value is -4.52. The summed E-state index contributed by atoms with van der Waals surface area (Å²) in [5.74, 6) is 0. The molecule has 0 saturated carbocycles. The molecule has 2 aliphatic rings. The van der Waals surface area contributed by atoms with Crippen LogP contribution in [0.15, 0.2) is 94.9 Å². The maximum absolute atomic E-state index is 5.08. The molecule has 2 aliphatic heterocycles. The van der Waals surface area contributed by atoms with Gasteiger partial charge >= 0.3 is 0 Å². The molecule has 6 heteroatoms. The second-order valence-corrected chi connectivity index (χ2v) is 11.6. The molecule has 202 valence electrons. The molecular formula is C36H24Br2N4. The van der Waals surface area contributed by atoms with Gasteiger partial charge < -0.3 is 9.97 Å². The van der Waals surface area contributed by atoms with Crippen LogP contribution in [0.5, 0.6) is 0 Å². The molecule has 0 spiro atoms. The summed E-state index contributed by atoms with van der Waals surface area (Å²) in [6, 6.07) is 25.0. The van der Waals surface area contributed by atoms with E-state index in [0.717, 1.165) is 87.2 Å². The monoisotopic (exact) mass is 670 g/mol. The lowest BCUT2D eigenvalue weighted by Gasteiger charge is -2.06. The van der Waals surface area contributed by atoms with E-state index >= 15 is 0 Å². The first kappa shape index (κ1) is 26.4. The Balaban J connectivity index is 1.61. The van der Waals surface area contributed by atoms with Crippen molar-refractivity contribution in [3.8, 4) is 22.3 Å². The van der Waals surface area contributed by atoms with Crippen molar-refractivity contribution in [1.29, 1.82) is 0 Å². The number of aromatic amines is 2. The summed E-state index contributed by atoms with van der Waals surface area (Å²) in [4.78, 5) is 17.5. The number of rotatable bonds is 4. The topological polar surface area (TPSA) is 57.4 Å². The predicted octanol–water partition coefficient (Wildman–Crippen LogP) is 10.8. The van der Waals surface area contributed by atoms with Crippen molar-refractivity contribution < 1.29 is 0 Å². The largest absolute Gasteiger partial charge is 0.354 e. The number of nitrogens with one attached hydrogen (secondary N) is 2. The van der Waals surface area contributed by atoms with E-state index in [4.69, 9.17) is 9.97 Å². The highest BCUT2D eigenvalue weighted by Crippen LogP contribution is 2.36. The fourth-order valence-corrected chi connectivity index (χ4v) is 6.29. The summed E-state index contributed by atoms with van der Waals surface area (Å²) in [5, 5.41) is 0. The van der Waals surface area contributed by atoms with Gasteiger partial charge in [0.1, 0.15) is 0 Å². The molecule has 4 nitrogen and oxygen atoms in total. The number of hydrogen-bond acceptors (Lipinski definition) is 2. The first-order chi connectivity index (χ1) is 20.5. The number of hydrogen-bond donors (Lipinski definition) is 2. The van der Waals surface area contributed by atoms with Gasteiger partial charge in [-0.2, -0.15) is 0 Å². The molecule has 0 amide bonds. The van der Waals surface area contributed by atoms with Crippen LogP contribution >= 0.6 is 31.9 Å². The SMILES string of the molecule is C=Cc1cccc(-c2c3nc(c(Br)c4nc(c(-c5cccc(C=C)c5)c5ccc([nH]5)c(Br)c5ccc2[nH]5)C=C4)C=C3)c1. The van der Waals surface area contributed by atoms with E-state index in [1.54, 1.807) is 0 Å². The summed E-state index contributed by atoms with van der Waals surface area (Å²) in [7, 11) is 0. The maximum atomic E-state index is 5.08. The standard InChI is InChI=1S/C36H24Br2N4/c1-3-21-7-5-9-23(19-21)33-25-11-15-29(39-25)35(37)31-17-13-27(41-31)34(24-10-6-8-22(4-2)20-24)28-14-18-32(42-28)36(38)30-16-12-26(33)40-30/h3-20,39,41H,1-2H2. The Kier molecular flexibility index (Phi) is 6.73. The average Bonchev–Trinajstić information content (AvgIpc) is 3.85. The molecular weight excluding hydrogens is 648 g/mol. The van der Waals surface area contributed by atoms with Gasteiger partial charge in [0.05, 0.1) is 42.8 Å². The van der Waals surface area contributed by atoms with Gasteiger partial charge in [-0.3, -0.25) is 0 Å². The number of fused-ring (bicyclic) bond motifs is 8. The molecule has 0 radical (unpaired) electrons. The van der Waals surface area contributed by atoms with Gasteiger partial charge in [0.25, 0.3) is 0 Å². The third-order valence-corrected chi connectivity index (χ3v) is 9.11. The second-order valence-electron chi connectivity index (χ2n) is 10.0. The van der Waals surface area contributed by atoms with E-state index in [-0.39, 0.29) is 0 Å². The van der Waals surface area contributed by atoms with Gasteiger partial charge in [0, 0.05) is 22.2 Å². The predicted molar refractivity (Wildman–Crippen MR) is 185 cm³/mol. The van der Waals surface area contributed by atoms with Crippen molar-refractivity contribution in [3.05, 3.63) is 129 Å². The first-order valence-electron chi connectivity index (χ1n) is 13.5. The molecule has 0 saturated heterocycles. The number of nitrogens with zero attached hydrogens (tertiary/aromatic N) is 2. The van der Waals surface area contributed by atoms with Gasteiger partial charge in [-0.05, 0) is 115 Å². The zero-order chi connectivity index (χ0) is 28.8. The van der Waals surface area contributed by atoms with Crippen LogP contribution < -0.4 is 0 Å². The Labute approximate surface area is 260 Å².